The number of benzene rings is 9. The van der Waals surface area contributed by atoms with Gasteiger partial charge in [-0.15, -0.1) is 0 Å². The zero-order valence-corrected chi connectivity index (χ0v) is 42.5. The molecule has 2 aliphatic rings. The second-order valence-electron chi connectivity index (χ2n) is 23.3. The monoisotopic (exact) mass is 921 g/mol. The number of anilines is 3. The summed E-state index contributed by atoms with van der Waals surface area (Å²) in [6.07, 6.45) is 0. The van der Waals surface area contributed by atoms with E-state index in [4.69, 9.17) is 8.83 Å². The fraction of sp³-hybridized carbons (Fsp3) is 0.206. The Bertz CT molecular complexity index is 3730. The number of nitrogens with zero attached hydrogens (tertiary/aromatic N) is 1. The molecule has 0 atom stereocenters. The molecule has 0 amide bonds. The van der Waals surface area contributed by atoms with Gasteiger partial charge in [0.05, 0.1) is 0 Å². The summed E-state index contributed by atoms with van der Waals surface area (Å²) in [5, 5.41) is 4.69. The highest BCUT2D eigenvalue weighted by atomic mass is 16.3. The summed E-state index contributed by atoms with van der Waals surface area (Å²) in [6.45, 7) is 23.2. The quantitative estimate of drug-likeness (QED) is 0.172. The van der Waals surface area contributed by atoms with Gasteiger partial charge >= 0.3 is 0 Å². The Morgan fingerprint density at radius 1 is 0.366 bits per heavy atom. The molecule has 11 aromatic rings. The molecule has 3 heteroatoms. The molecule has 0 radical (unpaired) electrons. The van der Waals surface area contributed by atoms with E-state index in [-0.39, 0.29) is 21.7 Å². The summed E-state index contributed by atoms with van der Waals surface area (Å²) in [7, 11) is 0. The average Bonchev–Trinajstić information content (AvgIpc) is 4.06. The van der Waals surface area contributed by atoms with Crippen LogP contribution in [-0.2, 0) is 21.7 Å². The van der Waals surface area contributed by atoms with Crippen LogP contribution in [0.2, 0.25) is 0 Å². The van der Waals surface area contributed by atoms with Crippen LogP contribution in [0.3, 0.4) is 0 Å². The molecule has 348 valence electrons. The Labute approximate surface area is 417 Å². The van der Waals surface area contributed by atoms with E-state index in [0.29, 0.717) is 0 Å². The Hall–Kier alpha value is -7.62. The Kier molecular flexibility index (Phi) is 9.14. The normalized spacial score (nSPS) is 14.6. The second kappa shape index (κ2) is 15.0. The molecule has 0 fully saturated rings. The number of hydrogen-bond donors (Lipinski definition) is 0. The molecule has 3 nitrogen and oxygen atoms in total. The van der Waals surface area contributed by atoms with E-state index in [1.165, 1.54) is 77.5 Å². The van der Waals surface area contributed by atoms with Crippen molar-refractivity contribution in [3.05, 3.63) is 209 Å². The molecule has 0 bridgehead atoms. The summed E-state index contributed by atoms with van der Waals surface area (Å²) in [5.74, 6) is 0. The standard InChI is InChI=1S/C68H59NO2/c1-65(2,3)42-28-24-40(25-29-42)51-38-55-59(61-49-20-14-16-22-57(49)70-63(51)61)47-34-32-45(36-53(47)67(55,7)8)69(44-18-12-11-13-19-44)46-33-35-48-54(37-46)68(9,10)56-39-52(41-26-30-43(31-27-41)66(4,5)6)64-62(60(48)56)50-21-15-17-23-58(50)71-64/h11-39H,1-10H3. The van der Waals surface area contributed by atoms with Gasteiger partial charge in [-0.2, -0.15) is 0 Å². The molecule has 0 unspecified atom stereocenters. The molecule has 0 saturated heterocycles. The maximum absolute atomic E-state index is 6.87. The maximum Gasteiger partial charge on any atom is 0.143 e. The van der Waals surface area contributed by atoms with Gasteiger partial charge in [0.2, 0.25) is 0 Å². The van der Waals surface area contributed by atoms with Gasteiger partial charge in [0.25, 0.3) is 0 Å². The minimum atomic E-state index is -0.305. The maximum atomic E-state index is 6.87. The van der Waals surface area contributed by atoms with Gasteiger partial charge in [-0.05, 0) is 138 Å². The first kappa shape index (κ1) is 43.4. The minimum absolute atomic E-state index is 0.0628. The van der Waals surface area contributed by atoms with Gasteiger partial charge in [0.15, 0.2) is 0 Å². The number of para-hydroxylation sites is 3. The van der Waals surface area contributed by atoms with Gasteiger partial charge in [0.1, 0.15) is 22.3 Å². The third-order valence-electron chi connectivity index (χ3n) is 16.2. The Morgan fingerprint density at radius 3 is 1.17 bits per heavy atom. The minimum Gasteiger partial charge on any atom is -0.455 e. The Balaban J connectivity index is 0.974. The summed E-state index contributed by atoms with van der Waals surface area (Å²) < 4.78 is 13.7. The van der Waals surface area contributed by atoms with Crippen LogP contribution in [-0.4, -0.2) is 0 Å². The van der Waals surface area contributed by atoms with E-state index in [1.54, 1.807) is 0 Å². The number of fused-ring (bicyclic) bond motifs is 14. The zero-order chi connectivity index (χ0) is 48.9. The SMILES string of the molecule is CC(C)(C)c1ccc(-c2cc3c(c4c2oc2ccccc24)-c2ccc(N(c4ccccc4)c4ccc5c(c4)C(C)(C)c4cc(-c6ccc(C(C)(C)C)cc6)c6oc7ccccc7c6c4-5)cc2C3(C)C)cc1. The van der Waals surface area contributed by atoms with E-state index < -0.39 is 0 Å². The van der Waals surface area contributed by atoms with E-state index in [9.17, 15) is 0 Å². The van der Waals surface area contributed by atoms with Crippen LogP contribution in [0.15, 0.2) is 185 Å². The predicted molar refractivity (Wildman–Crippen MR) is 299 cm³/mol. The number of rotatable bonds is 5. The highest BCUT2D eigenvalue weighted by molar-refractivity contribution is 6.20. The molecule has 2 aromatic heterocycles. The molecule has 9 aromatic carbocycles. The first-order valence-electron chi connectivity index (χ1n) is 25.3. The van der Waals surface area contributed by atoms with Crippen LogP contribution in [0, 0.1) is 0 Å². The van der Waals surface area contributed by atoms with Crippen LogP contribution < -0.4 is 4.90 Å². The Morgan fingerprint density at radius 2 is 0.761 bits per heavy atom. The molecule has 2 heterocycles. The van der Waals surface area contributed by atoms with Crippen molar-refractivity contribution in [2.45, 2.75) is 90.9 Å². The van der Waals surface area contributed by atoms with Crippen LogP contribution in [0.1, 0.15) is 103 Å². The van der Waals surface area contributed by atoms with Crippen LogP contribution in [0.5, 0.6) is 0 Å². The molecule has 0 N–H and O–H groups in total. The van der Waals surface area contributed by atoms with Gasteiger partial charge in [-0.3, -0.25) is 0 Å². The number of furan rings is 2. The number of hydrogen-bond acceptors (Lipinski definition) is 3. The third kappa shape index (κ3) is 6.41. The van der Waals surface area contributed by atoms with Crippen molar-refractivity contribution in [1.29, 1.82) is 0 Å². The van der Waals surface area contributed by atoms with Crippen molar-refractivity contribution in [1.82, 2.24) is 0 Å². The largest absolute Gasteiger partial charge is 0.455 e. The molecule has 0 aliphatic heterocycles. The summed E-state index contributed by atoms with van der Waals surface area (Å²) in [5.41, 5.74) is 24.2. The lowest BCUT2D eigenvalue weighted by molar-refractivity contribution is 0.590. The molecular formula is C68H59NO2. The smallest absolute Gasteiger partial charge is 0.143 e. The van der Waals surface area contributed by atoms with Gasteiger partial charge in [-0.25, -0.2) is 0 Å². The molecule has 71 heavy (non-hydrogen) atoms. The lowest BCUT2D eigenvalue weighted by Crippen LogP contribution is -2.18. The molecule has 13 rings (SSSR count). The van der Waals surface area contributed by atoms with Gasteiger partial charge in [0, 0.05) is 60.6 Å². The lowest BCUT2D eigenvalue weighted by atomic mass is 9.80. The van der Waals surface area contributed by atoms with Crippen LogP contribution in [0.25, 0.3) is 88.4 Å². The van der Waals surface area contributed by atoms with E-state index in [0.717, 1.165) is 61.3 Å². The topological polar surface area (TPSA) is 29.5 Å². The lowest BCUT2D eigenvalue weighted by Gasteiger charge is -2.29. The van der Waals surface area contributed by atoms with Crippen molar-refractivity contribution in [3.8, 4) is 44.5 Å². The fourth-order valence-corrected chi connectivity index (χ4v) is 12.2. The molecule has 2 aliphatic carbocycles. The molecule has 0 saturated carbocycles. The van der Waals surface area contributed by atoms with E-state index in [2.05, 4.69) is 250 Å². The highest BCUT2D eigenvalue weighted by Gasteiger charge is 2.41. The van der Waals surface area contributed by atoms with Crippen molar-refractivity contribution in [2.75, 3.05) is 4.90 Å². The highest BCUT2D eigenvalue weighted by Crippen LogP contribution is 2.59. The fourth-order valence-electron chi connectivity index (χ4n) is 12.2. The van der Waals surface area contributed by atoms with Crippen molar-refractivity contribution < 1.29 is 8.83 Å². The van der Waals surface area contributed by atoms with Crippen molar-refractivity contribution >= 4 is 60.9 Å². The zero-order valence-electron chi connectivity index (χ0n) is 42.5. The van der Waals surface area contributed by atoms with E-state index in [1.807, 2.05) is 0 Å². The van der Waals surface area contributed by atoms with Crippen LogP contribution in [0.4, 0.5) is 17.1 Å². The predicted octanol–water partition coefficient (Wildman–Crippen LogP) is 19.5. The molecule has 0 spiro atoms. The average molecular weight is 922 g/mol. The van der Waals surface area contributed by atoms with Crippen molar-refractivity contribution in [3.63, 3.8) is 0 Å². The van der Waals surface area contributed by atoms with Crippen LogP contribution >= 0.6 is 0 Å². The summed E-state index contributed by atoms with van der Waals surface area (Å²) >= 11 is 0. The third-order valence-corrected chi connectivity index (χ3v) is 16.2. The van der Waals surface area contributed by atoms with E-state index >= 15 is 0 Å². The van der Waals surface area contributed by atoms with Gasteiger partial charge in [-0.1, -0.05) is 184 Å². The molecular weight excluding hydrogens is 863 g/mol. The summed E-state index contributed by atoms with van der Waals surface area (Å²) in [4.78, 5) is 2.45. The summed E-state index contributed by atoms with van der Waals surface area (Å²) in [6, 6.07) is 65.4. The van der Waals surface area contributed by atoms with Crippen molar-refractivity contribution in [2.24, 2.45) is 0 Å². The first-order valence-corrected chi connectivity index (χ1v) is 25.3. The first-order chi connectivity index (χ1) is 34.0. The van der Waals surface area contributed by atoms with Gasteiger partial charge < -0.3 is 13.7 Å². The second-order valence-corrected chi connectivity index (χ2v) is 23.3.